The quantitative estimate of drug-likeness (QED) is 0.703. The van der Waals surface area contributed by atoms with E-state index in [1.165, 1.54) is 17.7 Å². The number of hydrogen-bond acceptors (Lipinski definition) is 2. The highest BCUT2D eigenvalue weighted by atomic mass is 32.1. The molecule has 1 atom stereocenters. The van der Waals surface area contributed by atoms with Gasteiger partial charge in [0.15, 0.2) is 5.78 Å². The molecule has 1 aliphatic carbocycles. The summed E-state index contributed by atoms with van der Waals surface area (Å²) in [5, 5.41) is 0. The SMILES string of the molecule is CCCCc1ccc(C(=O)C2C=CC=C2C)s1. The molecule has 1 heterocycles. The van der Waals surface area contributed by atoms with E-state index in [0.717, 1.165) is 16.9 Å². The van der Waals surface area contributed by atoms with E-state index in [0.29, 0.717) is 0 Å². The second kappa shape index (κ2) is 5.46. The number of hydrogen-bond donors (Lipinski definition) is 0. The molecule has 0 fully saturated rings. The van der Waals surface area contributed by atoms with Crippen molar-refractivity contribution < 1.29 is 4.79 Å². The van der Waals surface area contributed by atoms with Crippen LogP contribution < -0.4 is 0 Å². The monoisotopic (exact) mass is 246 g/mol. The topological polar surface area (TPSA) is 17.1 Å². The second-order valence-corrected chi connectivity index (χ2v) is 5.68. The summed E-state index contributed by atoms with van der Waals surface area (Å²) < 4.78 is 0. The van der Waals surface area contributed by atoms with Gasteiger partial charge in [-0.25, -0.2) is 0 Å². The molecular weight excluding hydrogens is 228 g/mol. The van der Waals surface area contributed by atoms with Gasteiger partial charge in [0.25, 0.3) is 0 Å². The highest BCUT2D eigenvalue weighted by molar-refractivity contribution is 7.14. The minimum absolute atomic E-state index is 0.0207. The van der Waals surface area contributed by atoms with Gasteiger partial charge in [0.1, 0.15) is 0 Å². The predicted octanol–water partition coefficient (Wildman–Crippen LogP) is 4.41. The number of unbranched alkanes of at least 4 members (excludes halogenated alkanes) is 1. The minimum Gasteiger partial charge on any atom is -0.292 e. The van der Waals surface area contributed by atoms with Crippen LogP contribution in [0.5, 0.6) is 0 Å². The van der Waals surface area contributed by atoms with Gasteiger partial charge in [-0.2, -0.15) is 0 Å². The summed E-state index contributed by atoms with van der Waals surface area (Å²) in [5.74, 6) is 0.230. The van der Waals surface area contributed by atoms with Crippen molar-refractivity contribution in [3.05, 3.63) is 45.7 Å². The highest BCUT2D eigenvalue weighted by Gasteiger charge is 2.22. The van der Waals surface area contributed by atoms with Crippen molar-refractivity contribution in [2.24, 2.45) is 5.92 Å². The van der Waals surface area contributed by atoms with Crippen molar-refractivity contribution in [1.29, 1.82) is 0 Å². The molecule has 2 heteroatoms. The fourth-order valence-corrected chi connectivity index (χ4v) is 3.05. The van der Waals surface area contributed by atoms with Gasteiger partial charge in [0.05, 0.1) is 10.8 Å². The van der Waals surface area contributed by atoms with Crippen molar-refractivity contribution in [2.45, 2.75) is 33.1 Å². The maximum atomic E-state index is 12.3. The Morgan fingerprint density at radius 3 is 2.88 bits per heavy atom. The molecule has 0 N–H and O–H groups in total. The summed E-state index contributed by atoms with van der Waals surface area (Å²) in [5.41, 5.74) is 1.15. The Hall–Kier alpha value is -1.15. The Morgan fingerprint density at radius 2 is 2.24 bits per heavy atom. The fraction of sp³-hybridized carbons (Fsp3) is 0.400. The van der Waals surface area contributed by atoms with E-state index >= 15 is 0 Å². The molecule has 0 saturated carbocycles. The Labute approximate surface area is 107 Å². The first-order chi connectivity index (χ1) is 8.22. The third kappa shape index (κ3) is 2.75. The Bertz CT molecular complexity index is 465. The molecule has 2 rings (SSSR count). The lowest BCUT2D eigenvalue weighted by Crippen LogP contribution is -2.10. The molecule has 0 bridgehead atoms. The zero-order valence-corrected chi connectivity index (χ0v) is 11.2. The van der Waals surface area contributed by atoms with Gasteiger partial charge in [-0.1, -0.05) is 37.1 Å². The van der Waals surface area contributed by atoms with Crippen LogP contribution in [0.3, 0.4) is 0 Å². The third-order valence-corrected chi connectivity index (χ3v) is 4.28. The van der Waals surface area contributed by atoms with Crippen LogP contribution in [0.25, 0.3) is 0 Å². The van der Waals surface area contributed by atoms with Gasteiger partial charge in [-0.05, 0) is 31.9 Å². The average Bonchev–Trinajstić information content (AvgIpc) is 2.94. The molecule has 0 radical (unpaired) electrons. The number of allylic oxidation sites excluding steroid dienone is 4. The standard InChI is InChI=1S/C15H18OS/c1-3-4-7-12-9-10-14(17-12)15(16)13-8-5-6-11(13)2/h5-6,8-10,13H,3-4,7H2,1-2H3. The second-order valence-electron chi connectivity index (χ2n) is 4.51. The third-order valence-electron chi connectivity index (χ3n) is 3.12. The number of carbonyl (C=O) groups is 1. The van der Waals surface area contributed by atoms with E-state index in [1.807, 2.05) is 31.2 Å². The number of thiophene rings is 1. The van der Waals surface area contributed by atoms with E-state index in [4.69, 9.17) is 0 Å². The molecular formula is C15H18OS. The molecule has 1 aromatic heterocycles. The molecule has 0 spiro atoms. The molecule has 17 heavy (non-hydrogen) atoms. The molecule has 1 nitrogen and oxygen atoms in total. The molecule has 1 aromatic rings. The summed E-state index contributed by atoms with van der Waals surface area (Å²) in [4.78, 5) is 14.5. The first kappa shape index (κ1) is 12.3. The molecule has 0 amide bonds. The van der Waals surface area contributed by atoms with Gasteiger partial charge < -0.3 is 0 Å². The van der Waals surface area contributed by atoms with Crippen molar-refractivity contribution >= 4 is 17.1 Å². The van der Waals surface area contributed by atoms with Gasteiger partial charge in [0.2, 0.25) is 0 Å². The van der Waals surface area contributed by atoms with Crippen LogP contribution in [0, 0.1) is 5.92 Å². The van der Waals surface area contributed by atoms with Crippen molar-refractivity contribution in [1.82, 2.24) is 0 Å². The summed E-state index contributed by atoms with van der Waals surface area (Å²) in [6, 6.07) is 4.09. The number of ketones is 1. The van der Waals surface area contributed by atoms with E-state index < -0.39 is 0 Å². The van der Waals surface area contributed by atoms with E-state index in [-0.39, 0.29) is 11.7 Å². The number of aryl methyl sites for hydroxylation is 1. The smallest absolute Gasteiger partial charge is 0.183 e. The largest absolute Gasteiger partial charge is 0.292 e. The first-order valence-electron chi connectivity index (χ1n) is 6.20. The van der Waals surface area contributed by atoms with Gasteiger partial charge >= 0.3 is 0 Å². The Kier molecular flexibility index (Phi) is 3.95. The van der Waals surface area contributed by atoms with Crippen LogP contribution >= 0.6 is 11.3 Å². The number of carbonyl (C=O) groups excluding carboxylic acids is 1. The van der Waals surface area contributed by atoms with Crippen molar-refractivity contribution in [3.63, 3.8) is 0 Å². The summed E-state index contributed by atoms with van der Waals surface area (Å²) >= 11 is 1.66. The molecule has 90 valence electrons. The maximum absolute atomic E-state index is 12.3. The van der Waals surface area contributed by atoms with Crippen LogP contribution in [-0.2, 0) is 6.42 Å². The zero-order chi connectivity index (χ0) is 12.3. The predicted molar refractivity (Wildman–Crippen MR) is 73.6 cm³/mol. The van der Waals surface area contributed by atoms with E-state index in [2.05, 4.69) is 13.0 Å². The van der Waals surface area contributed by atoms with Crippen LogP contribution in [0.2, 0.25) is 0 Å². The van der Waals surface area contributed by atoms with Crippen molar-refractivity contribution in [3.8, 4) is 0 Å². The first-order valence-corrected chi connectivity index (χ1v) is 7.02. The Balaban J connectivity index is 2.07. The van der Waals surface area contributed by atoms with E-state index in [1.54, 1.807) is 11.3 Å². The average molecular weight is 246 g/mol. The maximum Gasteiger partial charge on any atom is 0.183 e. The molecule has 0 saturated heterocycles. The minimum atomic E-state index is -0.0207. The lowest BCUT2D eigenvalue weighted by atomic mass is 9.98. The van der Waals surface area contributed by atoms with E-state index in [9.17, 15) is 4.79 Å². The van der Waals surface area contributed by atoms with Crippen LogP contribution in [0.4, 0.5) is 0 Å². The van der Waals surface area contributed by atoms with Crippen LogP contribution in [0.15, 0.2) is 35.9 Å². The highest BCUT2D eigenvalue weighted by Crippen LogP contribution is 2.27. The molecule has 1 aliphatic rings. The van der Waals surface area contributed by atoms with Gasteiger partial charge in [-0.3, -0.25) is 4.79 Å². The lowest BCUT2D eigenvalue weighted by Gasteiger charge is -2.06. The van der Waals surface area contributed by atoms with Crippen molar-refractivity contribution in [2.75, 3.05) is 0 Å². The molecule has 0 aromatic carbocycles. The lowest BCUT2D eigenvalue weighted by molar-refractivity contribution is 0.0966. The van der Waals surface area contributed by atoms with Crippen LogP contribution in [0.1, 0.15) is 41.2 Å². The number of Topliss-reactive ketones (excluding diaryl/α,β-unsaturated/α-hetero) is 1. The number of rotatable bonds is 5. The molecule has 1 unspecified atom stereocenters. The Morgan fingerprint density at radius 1 is 1.41 bits per heavy atom. The van der Waals surface area contributed by atoms with Gasteiger partial charge in [0, 0.05) is 4.88 Å². The van der Waals surface area contributed by atoms with Gasteiger partial charge in [-0.15, -0.1) is 11.3 Å². The fourth-order valence-electron chi connectivity index (χ4n) is 2.02. The normalized spacial score (nSPS) is 18.5. The molecule has 0 aliphatic heterocycles. The zero-order valence-electron chi connectivity index (χ0n) is 10.4. The summed E-state index contributed by atoms with van der Waals surface area (Å²) in [7, 11) is 0. The van der Waals surface area contributed by atoms with Crippen LogP contribution in [-0.4, -0.2) is 5.78 Å². The summed E-state index contributed by atoms with van der Waals surface area (Å²) in [6.07, 6.45) is 9.50. The summed E-state index contributed by atoms with van der Waals surface area (Å²) in [6.45, 7) is 4.21.